The SMILES string of the molecule is CCCC1CCC(C2COC(CCC3CCC(C=C(F)F)CC3)OC2)CC1. The maximum atomic E-state index is 12.4. The van der Waals surface area contributed by atoms with E-state index in [1.807, 2.05) is 0 Å². The van der Waals surface area contributed by atoms with Gasteiger partial charge >= 0.3 is 0 Å². The monoisotopic (exact) mass is 384 g/mol. The van der Waals surface area contributed by atoms with Gasteiger partial charge in [-0.15, -0.1) is 0 Å². The highest BCUT2D eigenvalue weighted by molar-refractivity contribution is 4.90. The van der Waals surface area contributed by atoms with E-state index in [4.69, 9.17) is 9.47 Å². The first-order chi connectivity index (χ1) is 13.1. The molecule has 27 heavy (non-hydrogen) atoms. The van der Waals surface area contributed by atoms with Gasteiger partial charge in [0.05, 0.1) is 13.2 Å². The smallest absolute Gasteiger partial charge is 0.266 e. The van der Waals surface area contributed by atoms with Gasteiger partial charge in [0.2, 0.25) is 0 Å². The Bertz CT molecular complexity index is 439. The summed E-state index contributed by atoms with van der Waals surface area (Å²) in [6.07, 6.45) is 13.8. The minimum atomic E-state index is -1.52. The number of hydrogen-bond donors (Lipinski definition) is 0. The standard InChI is InChI=1S/C23H38F2O2/c1-2-3-17-8-11-20(12-9-17)21-15-26-23(27-16-21)13-10-18-4-6-19(7-5-18)14-22(24)25/h14,17-21,23H,2-13,15-16H2,1H3. The third-order valence-electron chi connectivity index (χ3n) is 7.31. The van der Waals surface area contributed by atoms with E-state index in [1.165, 1.54) is 38.5 Å². The molecule has 2 nitrogen and oxygen atoms in total. The van der Waals surface area contributed by atoms with Crippen LogP contribution in [0, 0.1) is 29.6 Å². The summed E-state index contributed by atoms with van der Waals surface area (Å²) in [5, 5.41) is 0. The van der Waals surface area contributed by atoms with Gasteiger partial charge in [-0.3, -0.25) is 0 Å². The van der Waals surface area contributed by atoms with E-state index in [0.29, 0.717) is 11.8 Å². The molecule has 3 rings (SSSR count). The molecule has 0 spiro atoms. The molecule has 0 N–H and O–H groups in total. The zero-order chi connectivity index (χ0) is 19.1. The van der Waals surface area contributed by atoms with Crippen LogP contribution in [-0.4, -0.2) is 19.5 Å². The van der Waals surface area contributed by atoms with E-state index in [1.54, 1.807) is 0 Å². The molecule has 0 aromatic carbocycles. The Morgan fingerprint density at radius 2 is 1.37 bits per heavy atom. The van der Waals surface area contributed by atoms with E-state index < -0.39 is 6.08 Å². The van der Waals surface area contributed by atoms with Crippen molar-refractivity contribution in [3.8, 4) is 0 Å². The van der Waals surface area contributed by atoms with Crippen LogP contribution in [0.25, 0.3) is 0 Å². The van der Waals surface area contributed by atoms with E-state index in [-0.39, 0.29) is 12.2 Å². The molecular formula is C23H38F2O2. The summed E-state index contributed by atoms with van der Waals surface area (Å²) >= 11 is 0. The van der Waals surface area contributed by atoms with Crippen molar-refractivity contribution < 1.29 is 18.3 Å². The molecule has 156 valence electrons. The Labute approximate surface area is 164 Å². The van der Waals surface area contributed by atoms with Crippen LogP contribution < -0.4 is 0 Å². The Morgan fingerprint density at radius 3 is 1.96 bits per heavy atom. The van der Waals surface area contributed by atoms with Crippen LogP contribution >= 0.6 is 0 Å². The normalized spacial score (nSPS) is 37.7. The van der Waals surface area contributed by atoms with Gasteiger partial charge in [-0.05, 0) is 81.1 Å². The molecule has 4 heteroatoms. The predicted molar refractivity (Wildman–Crippen MR) is 105 cm³/mol. The molecule has 1 aliphatic heterocycles. The molecule has 0 amide bonds. The Hall–Kier alpha value is -0.480. The van der Waals surface area contributed by atoms with Crippen molar-refractivity contribution >= 4 is 0 Å². The third kappa shape index (κ3) is 6.81. The second-order valence-electron chi connectivity index (χ2n) is 9.24. The highest BCUT2D eigenvalue weighted by Crippen LogP contribution is 2.38. The molecule has 0 aromatic heterocycles. The largest absolute Gasteiger partial charge is 0.352 e. The van der Waals surface area contributed by atoms with Gasteiger partial charge in [0.15, 0.2) is 6.29 Å². The number of ether oxygens (including phenoxy) is 2. The molecule has 0 aromatic rings. The average molecular weight is 385 g/mol. The van der Waals surface area contributed by atoms with Crippen molar-refractivity contribution in [2.75, 3.05) is 13.2 Å². The van der Waals surface area contributed by atoms with E-state index in [2.05, 4.69) is 6.92 Å². The van der Waals surface area contributed by atoms with E-state index in [9.17, 15) is 8.78 Å². The van der Waals surface area contributed by atoms with Crippen LogP contribution in [0.1, 0.15) is 84.0 Å². The number of allylic oxidation sites excluding steroid dienone is 1. The molecular weight excluding hydrogens is 346 g/mol. The fourth-order valence-corrected chi connectivity index (χ4v) is 5.55. The molecule has 1 saturated heterocycles. The van der Waals surface area contributed by atoms with Crippen LogP contribution in [0.15, 0.2) is 12.2 Å². The zero-order valence-corrected chi connectivity index (χ0v) is 17.0. The molecule has 3 aliphatic rings. The van der Waals surface area contributed by atoms with Crippen LogP contribution in [0.3, 0.4) is 0 Å². The number of halogens is 2. The van der Waals surface area contributed by atoms with Crippen LogP contribution in [-0.2, 0) is 9.47 Å². The second-order valence-corrected chi connectivity index (χ2v) is 9.24. The lowest BCUT2D eigenvalue weighted by Crippen LogP contribution is -2.37. The molecule has 2 saturated carbocycles. The maximum absolute atomic E-state index is 12.4. The summed E-state index contributed by atoms with van der Waals surface area (Å²) in [4.78, 5) is 0. The van der Waals surface area contributed by atoms with Crippen molar-refractivity contribution in [3.63, 3.8) is 0 Å². The number of rotatable bonds is 7. The van der Waals surface area contributed by atoms with Crippen molar-refractivity contribution in [1.82, 2.24) is 0 Å². The van der Waals surface area contributed by atoms with E-state index >= 15 is 0 Å². The summed E-state index contributed by atoms with van der Waals surface area (Å²) in [6.45, 7) is 4.02. The van der Waals surface area contributed by atoms with Gasteiger partial charge in [0.1, 0.15) is 0 Å². The van der Waals surface area contributed by atoms with Crippen LogP contribution in [0.2, 0.25) is 0 Å². The van der Waals surface area contributed by atoms with Crippen LogP contribution in [0.5, 0.6) is 0 Å². The quantitative estimate of drug-likeness (QED) is 0.473. The maximum Gasteiger partial charge on any atom is 0.266 e. The summed E-state index contributed by atoms with van der Waals surface area (Å²) in [5.74, 6) is 3.06. The Kier molecular flexibility index (Phi) is 8.57. The summed E-state index contributed by atoms with van der Waals surface area (Å²) in [5.41, 5.74) is 0. The summed E-state index contributed by atoms with van der Waals surface area (Å²) in [7, 11) is 0. The van der Waals surface area contributed by atoms with Gasteiger partial charge in [0, 0.05) is 5.92 Å². The minimum Gasteiger partial charge on any atom is -0.352 e. The fraction of sp³-hybridized carbons (Fsp3) is 0.913. The van der Waals surface area contributed by atoms with Crippen molar-refractivity contribution in [1.29, 1.82) is 0 Å². The topological polar surface area (TPSA) is 18.5 Å². The molecule has 0 unspecified atom stereocenters. The fourth-order valence-electron chi connectivity index (χ4n) is 5.55. The van der Waals surface area contributed by atoms with Gasteiger partial charge in [-0.1, -0.05) is 32.6 Å². The Balaban J connectivity index is 1.29. The molecule has 2 aliphatic carbocycles. The van der Waals surface area contributed by atoms with Gasteiger partial charge in [-0.25, -0.2) is 0 Å². The summed E-state index contributed by atoms with van der Waals surface area (Å²) < 4.78 is 36.8. The van der Waals surface area contributed by atoms with Crippen LogP contribution in [0.4, 0.5) is 8.78 Å². The van der Waals surface area contributed by atoms with E-state index in [0.717, 1.165) is 69.7 Å². The summed E-state index contributed by atoms with van der Waals surface area (Å²) in [6, 6.07) is 0. The average Bonchev–Trinajstić information content (AvgIpc) is 2.68. The first kappa shape index (κ1) is 21.2. The van der Waals surface area contributed by atoms with Crippen molar-refractivity contribution in [2.24, 2.45) is 29.6 Å². The highest BCUT2D eigenvalue weighted by atomic mass is 19.3. The molecule has 0 atom stereocenters. The van der Waals surface area contributed by atoms with Crippen molar-refractivity contribution in [3.05, 3.63) is 12.2 Å². The molecule has 1 heterocycles. The molecule has 3 fully saturated rings. The van der Waals surface area contributed by atoms with Gasteiger partial charge in [-0.2, -0.15) is 8.78 Å². The third-order valence-corrected chi connectivity index (χ3v) is 7.31. The lowest BCUT2D eigenvalue weighted by molar-refractivity contribution is -0.213. The highest BCUT2D eigenvalue weighted by Gasteiger charge is 2.32. The Morgan fingerprint density at radius 1 is 0.778 bits per heavy atom. The molecule has 0 bridgehead atoms. The predicted octanol–water partition coefficient (Wildman–Crippen LogP) is 6.95. The minimum absolute atomic E-state index is 0.0430. The first-order valence-electron chi connectivity index (χ1n) is 11.4. The first-order valence-corrected chi connectivity index (χ1v) is 11.4. The number of hydrogen-bond acceptors (Lipinski definition) is 2. The lowest BCUT2D eigenvalue weighted by atomic mass is 9.75. The second kappa shape index (κ2) is 10.9. The van der Waals surface area contributed by atoms with Gasteiger partial charge < -0.3 is 9.47 Å². The van der Waals surface area contributed by atoms with Gasteiger partial charge in [0.25, 0.3) is 6.08 Å². The zero-order valence-electron chi connectivity index (χ0n) is 17.0. The lowest BCUT2D eigenvalue weighted by Gasteiger charge is -2.38. The molecule has 0 radical (unpaired) electrons. The van der Waals surface area contributed by atoms with Crippen molar-refractivity contribution in [2.45, 2.75) is 90.3 Å².